The van der Waals surface area contributed by atoms with E-state index in [2.05, 4.69) is 11.9 Å². The number of rotatable bonds is 5. The molecule has 0 aliphatic heterocycles. The van der Waals surface area contributed by atoms with Crippen molar-refractivity contribution in [2.24, 2.45) is 4.99 Å². The van der Waals surface area contributed by atoms with Crippen molar-refractivity contribution in [1.82, 2.24) is 0 Å². The lowest BCUT2D eigenvalue weighted by Gasteiger charge is -2.07. The van der Waals surface area contributed by atoms with Crippen molar-refractivity contribution in [3.05, 3.63) is 0 Å². The Labute approximate surface area is 67.1 Å². The van der Waals surface area contributed by atoms with Gasteiger partial charge in [0.25, 0.3) is 0 Å². The standard InChI is InChI=1S/C7H15NOS/c1-4-7(9-3)10-6-8-5-2/h6-7H,4-5H2,1-3H3. The first-order valence-corrected chi connectivity index (χ1v) is 4.46. The van der Waals surface area contributed by atoms with Crippen LogP contribution < -0.4 is 0 Å². The van der Waals surface area contributed by atoms with E-state index < -0.39 is 0 Å². The summed E-state index contributed by atoms with van der Waals surface area (Å²) in [6, 6.07) is 0. The van der Waals surface area contributed by atoms with Gasteiger partial charge in [-0.15, -0.1) is 0 Å². The summed E-state index contributed by atoms with van der Waals surface area (Å²) in [6.45, 7) is 4.97. The van der Waals surface area contributed by atoms with Gasteiger partial charge >= 0.3 is 0 Å². The van der Waals surface area contributed by atoms with Crippen LogP contribution in [0.25, 0.3) is 0 Å². The molecular weight excluding hydrogens is 146 g/mol. The number of nitrogens with zero attached hydrogens (tertiary/aromatic N) is 1. The minimum atomic E-state index is 0.273. The maximum atomic E-state index is 5.12. The van der Waals surface area contributed by atoms with Crippen molar-refractivity contribution >= 4 is 17.3 Å². The van der Waals surface area contributed by atoms with Gasteiger partial charge in [0.15, 0.2) is 0 Å². The predicted octanol–water partition coefficient (Wildman–Crippen LogP) is 2.15. The van der Waals surface area contributed by atoms with E-state index in [1.54, 1.807) is 18.9 Å². The Hall–Kier alpha value is -0.0200. The van der Waals surface area contributed by atoms with E-state index in [1.165, 1.54) is 0 Å². The first kappa shape index (κ1) is 9.98. The molecule has 0 fully saturated rings. The summed E-state index contributed by atoms with van der Waals surface area (Å²) in [5, 5.41) is 0. The van der Waals surface area contributed by atoms with Gasteiger partial charge in [-0.3, -0.25) is 4.99 Å². The molecule has 0 aliphatic carbocycles. The van der Waals surface area contributed by atoms with Crippen LogP contribution in [-0.4, -0.2) is 24.6 Å². The number of hydrogen-bond acceptors (Lipinski definition) is 3. The summed E-state index contributed by atoms with van der Waals surface area (Å²) in [7, 11) is 1.72. The van der Waals surface area contributed by atoms with Crippen LogP contribution in [0.2, 0.25) is 0 Å². The third-order valence-corrected chi connectivity index (χ3v) is 2.17. The summed E-state index contributed by atoms with van der Waals surface area (Å²) >= 11 is 1.63. The first-order valence-electron chi connectivity index (χ1n) is 3.51. The molecule has 0 heterocycles. The van der Waals surface area contributed by atoms with Crippen LogP contribution in [0.5, 0.6) is 0 Å². The maximum absolute atomic E-state index is 5.12. The zero-order valence-electron chi connectivity index (χ0n) is 6.83. The highest BCUT2D eigenvalue weighted by Gasteiger charge is 1.99. The largest absolute Gasteiger partial charge is 0.370 e. The minimum Gasteiger partial charge on any atom is -0.370 e. The molecule has 0 radical (unpaired) electrons. The fourth-order valence-corrected chi connectivity index (χ4v) is 1.18. The molecule has 0 saturated heterocycles. The second-order valence-electron chi connectivity index (χ2n) is 1.81. The normalized spacial score (nSPS) is 14.3. The number of thioether (sulfide) groups is 1. The average Bonchev–Trinajstić information content (AvgIpc) is 1.99. The molecule has 1 unspecified atom stereocenters. The molecule has 0 bridgehead atoms. The molecular formula is C7H15NOS. The van der Waals surface area contributed by atoms with E-state index in [-0.39, 0.29) is 5.44 Å². The summed E-state index contributed by atoms with van der Waals surface area (Å²) < 4.78 is 5.12. The molecule has 60 valence electrons. The van der Waals surface area contributed by atoms with Crippen molar-refractivity contribution in [1.29, 1.82) is 0 Å². The molecule has 0 N–H and O–H groups in total. The Morgan fingerprint density at radius 3 is 2.70 bits per heavy atom. The van der Waals surface area contributed by atoms with Crippen LogP contribution in [0, 0.1) is 0 Å². The van der Waals surface area contributed by atoms with Crippen molar-refractivity contribution in [3.63, 3.8) is 0 Å². The quantitative estimate of drug-likeness (QED) is 0.350. The average molecular weight is 161 g/mol. The van der Waals surface area contributed by atoms with Crippen molar-refractivity contribution in [3.8, 4) is 0 Å². The molecule has 2 nitrogen and oxygen atoms in total. The van der Waals surface area contributed by atoms with E-state index in [9.17, 15) is 0 Å². The Kier molecular flexibility index (Phi) is 7.08. The zero-order chi connectivity index (χ0) is 7.82. The molecule has 10 heavy (non-hydrogen) atoms. The highest BCUT2D eigenvalue weighted by Crippen LogP contribution is 2.11. The van der Waals surface area contributed by atoms with Gasteiger partial charge < -0.3 is 4.74 Å². The molecule has 0 saturated carbocycles. The summed E-state index contributed by atoms with van der Waals surface area (Å²) in [5.74, 6) is 0. The Morgan fingerprint density at radius 2 is 2.30 bits per heavy atom. The molecule has 3 heteroatoms. The lowest BCUT2D eigenvalue weighted by atomic mass is 10.5. The molecule has 0 aliphatic rings. The van der Waals surface area contributed by atoms with Crippen LogP contribution in [0.15, 0.2) is 4.99 Å². The van der Waals surface area contributed by atoms with E-state index >= 15 is 0 Å². The maximum Gasteiger partial charge on any atom is 0.108 e. The van der Waals surface area contributed by atoms with Crippen molar-refractivity contribution < 1.29 is 4.74 Å². The third kappa shape index (κ3) is 4.82. The van der Waals surface area contributed by atoms with Gasteiger partial charge in [0, 0.05) is 13.7 Å². The van der Waals surface area contributed by atoms with Gasteiger partial charge in [0.05, 0.1) is 5.55 Å². The Balaban J connectivity index is 3.34. The van der Waals surface area contributed by atoms with Gasteiger partial charge in [-0.1, -0.05) is 18.7 Å². The molecule has 0 spiro atoms. The van der Waals surface area contributed by atoms with Crippen LogP contribution >= 0.6 is 11.8 Å². The van der Waals surface area contributed by atoms with Gasteiger partial charge in [0.1, 0.15) is 5.44 Å². The highest BCUT2D eigenvalue weighted by atomic mass is 32.2. The number of ether oxygens (including phenoxy) is 1. The second-order valence-corrected chi connectivity index (χ2v) is 2.82. The van der Waals surface area contributed by atoms with E-state index in [0.717, 1.165) is 13.0 Å². The van der Waals surface area contributed by atoms with Gasteiger partial charge in [-0.2, -0.15) is 0 Å². The highest BCUT2D eigenvalue weighted by molar-refractivity contribution is 8.12. The van der Waals surface area contributed by atoms with Gasteiger partial charge in [0.2, 0.25) is 0 Å². The van der Waals surface area contributed by atoms with E-state index in [0.29, 0.717) is 0 Å². The monoisotopic (exact) mass is 161 g/mol. The molecule has 0 aromatic carbocycles. The lowest BCUT2D eigenvalue weighted by Crippen LogP contribution is -2.02. The summed E-state index contributed by atoms with van der Waals surface area (Å²) in [4.78, 5) is 4.07. The zero-order valence-corrected chi connectivity index (χ0v) is 7.65. The number of hydrogen-bond donors (Lipinski definition) is 0. The summed E-state index contributed by atoms with van der Waals surface area (Å²) in [6.07, 6.45) is 1.02. The number of aliphatic imine (C=N–C) groups is 1. The van der Waals surface area contributed by atoms with Crippen molar-refractivity contribution in [2.45, 2.75) is 25.7 Å². The minimum absolute atomic E-state index is 0.273. The number of methoxy groups -OCH3 is 1. The fraction of sp³-hybridized carbons (Fsp3) is 0.857. The summed E-state index contributed by atoms with van der Waals surface area (Å²) in [5.41, 5.74) is 2.13. The second kappa shape index (κ2) is 7.09. The lowest BCUT2D eigenvalue weighted by molar-refractivity contribution is 0.171. The predicted molar refractivity (Wildman–Crippen MR) is 47.7 cm³/mol. The van der Waals surface area contributed by atoms with Crippen LogP contribution in [0.1, 0.15) is 20.3 Å². The smallest absolute Gasteiger partial charge is 0.108 e. The first-order chi connectivity index (χ1) is 4.85. The molecule has 1 atom stereocenters. The third-order valence-electron chi connectivity index (χ3n) is 1.07. The SMILES string of the molecule is CCN=CSC(CC)OC. The van der Waals surface area contributed by atoms with Gasteiger partial charge in [-0.05, 0) is 13.3 Å². The topological polar surface area (TPSA) is 21.6 Å². The van der Waals surface area contributed by atoms with Crippen LogP contribution in [0.3, 0.4) is 0 Å². The van der Waals surface area contributed by atoms with Crippen LogP contribution in [-0.2, 0) is 4.74 Å². The van der Waals surface area contributed by atoms with Crippen LogP contribution in [0.4, 0.5) is 0 Å². The molecule has 0 aromatic heterocycles. The fourth-order valence-electron chi connectivity index (χ4n) is 0.504. The van der Waals surface area contributed by atoms with E-state index in [4.69, 9.17) is 4.74 Å². The molecule has 0 aromatic rings. The van der Waals surface area contributed by atoms with Gasteiger partial charge in [-0.25, -0.2) is 0 Å². The Morgan fingerprint density at radius 1 is 1.60 bits per heavy atom. The van der Waals surface area contributed by atoms with Crippen molar-refractivity contribution in [2.75, 3.05) is 13.7 Å². The molecule has 0 rings (SSSR count). The van der Waals surface area contributed by atoms with E-state index in [1.807, 2.05) is 12.5 Å². The molecule has 0 amide bonds. The Bertz CT molecular complexity index is 91.6.